The summed E-state index contributed by atoms with van der Waals surface area (Å²) in [5.41, 5.74) is 2.03. The second-order valence-electron chi connectivity index (χ2n) is 4.26. The molecule has 0 aliphatic rings. The number of halogens is 2. The smallest absolute Gasteiger partial charge is 0.129 e. The Balaban J connectivity index is 2.83. The number of benzene rings is 1. The molecule has 2 nitrogen and oxygen atoms in total. The summed E-state index contributed by atoms with van der Waals surface area (Å²) in [5.74, 6) is 1.31. The highest BCUT2D eigenvalue weighted by molar-refractivity contribution is 9.10. The SMILES string of the molecule is CNc1nc2c(Cl)ccc(Br)c2cc1C(C)C. The van der Waals surface area contributed by atoms with E-state index in [0.717, 1.165) is 21.2 Å². The Labute approximate surface area is 115 Å². The van der Waals surface area contributed by atoms with Crippen LogP contribution in [-0.4, -0.2) is 12.0 Å². The number of nitrogens with zero attached hydrogens (tertiary/aromatic N) is 1. The average Bonchev–Trinajstić information content (AvgIpc) is 2.32. The summed E-state index contributed by atoms with van der Waals surface area (Å²) in [6.45, 7) is 4.31. The van der Waals surface area contributed by atoms with Gasteiger partial charge in [-0.15, -0.1) is 0 Å². The van der Waals surface area contributed by atoms with Gasteiger partial charge in [0, 0.05) is 16.9 Å². The third-order valence-corrected chi connectivity index (χ3v) is 3.77. The lowest BCUT2D eigenvalue weighted by atomic mass is 10.0. The van der Waals surface area contributed by atoms with Gasteiger partial charge in [0.1, 0.15) is 5.82 Å². The minimum atomic E-state index is 0.417. The molecule has 1 aromatic heterocycles. The summed E-state index contributed by atoms with van der Waals surface area (Å²) < 4.78 is 1.02. The van der Waals surface area contributed by atoms with Crippen LogP contribution in [0.25, 0.3) is 10.9 Å². The van der Waals surface area contributed by atoms with E-state index in [1.54, 1.807) is 0 Å². The van der Waals surface area contributed by atoms with Crippen LogP contribution in [-0.2, 0) is 0 Å². The van der Waals surface area contributed by atoms with Crippen LogP contribution in [0.4, 0.5) is 5.82 Å². The first-order chi connectivity index (χ1) is 8.04. The molecule has 0 bridgehead atoms. The third kappa shape index (κ3) is 2.26. The third-order valence-electron chi connectivity index (χ3n) is 2.77. The molecule has 1 N–H and O–H groups in total. The van der Waals surface area contributed by atoms with E-state index in [-0.39, 0.29) is 0 Å². The molecule has 0 saturated carbocycles. The van der Waals surface area contributed by atoms with E-state index >= 15 is 0 Å². The number of fused-ring (bicyclic) bond motifs is 1. The number of hydrogen-bond acceptors (Lipinski definition) is 2. The Morgan fingerprint density at radius 3 is 2.65 bits per heavy atom. The molecule has 0 aliphatic carbocycles. The van der Waals surface area contributed by atoms with Gasteiger partial charge in [0.25, 0.3) is 0 Å². The molecule has 0 unspecified atom stereocenters. The summed E-state index contributed by atoms with van der Waals surface area (Å²) in [5, 5.41) is 4.86. The predicted molar refractivity (Wildman–Crippen MR) is 78.1 cm³/mol. The Hall–Kier alpha value is -0.800. The largest absolute Gasteiger partial charge is 0.373 e. The van der Waals surface area contributed by atoms with E-state index in [1.807, 2.05) is 19.2 Å². The standard InChI is InChI=1S/C13H14BrClN2/c1-7(2)8-6-9-10(14)4-5-11(15)12(9)17-13(8)16-3/h4-7H,1-3H3,(H,16,17). The molecule has 1 aromatic carbocycles. The van der Waals surface area contributed by atoms with Crippen molar-refractivity contribution in [1.82, 2.24) is 4.98 Å². The molecule has 0 amide bonds. The van der Waals surface area contributed by atoms with E-state index in [4.69, 9.17) is 11.6 Å². The summed E-state index contributed by atoms with van der Waals surface area (Å²) >= 11 is 9.72. The van der Waals surface area contributed by atoms with Gasteiger partial charge in [-0.2, -0.15) is 0 Å². The molecule has 0 radical (unpaired) electrons. The van der Waals surface area contributed by atoms with Gasteiger partial charge in [-0.3, -0.25) is 0 Å². The summed E-state index contributed by atoms with van der Waals surface area (Å²) in [6.07, 6.45) is 0. The first-order valence-electron chi connectivity index (χ1n) is 5.51. The van der Waals surface area contributed by atoms with Crippen LogP contribution in [0.2, 0.25) is 5.02 Å². The lowest BCUT2D eigenvalue weighted by Crippen LogP contribution is -2.01. The fourth-order valence-corrected chi connectivity index (χ4v) is 2.49. The molecule has 0 saturated heterocycles. The number of rotatable bonds is 2. The van der Waals surface area contributed by atoms with Crippen LogP contribution in [0, 0.1) is 0 Å². The molecule has 17 heavy (non-hydrogen) atoms. The Morgan fingerprint density at radius 2 is 2.06 bits per heavy atom. The molecule has 90 valence electrons. The maximum absolute atomic E-state index is 6.18. The molecule has 0 atom stereocenters. The van der Waals surface area contributed by atoms with Crippen molar-refractivity contribution in [3.63, 3.8) is 0 Å². The molecule has 0 spiro atoms. The molecular formula is C13H14BrClN2. The van der Waals surface area contributed by atoms with Crippen LogP contribution in [0.1, 0.15) is 25.3 Å². The van der Waals surface area contributed by atoms with Gasteiger partial charge in [-0.1, -0.05) is 41.4 Å². The number of hydrogen-bond donors (Lipinski definition) is 1. The maximum Gasteiger partial charge on any atom is 0.129 e. The van der Waals surface area contributed by atoms with Crippen molar-refractivity contribution in [2.75, 3.05) is 12.4 Å². The fourth-order valence-electron chi connectivity index (χ4n) is 1.85. The van der Waals surface area contributed by atoms with Crippen molar-refractivity contribution >= 4 is 44.3 Å². The van der Waals surface area contributed by atoms with Crippen molar-refractivity contribution in [2.24, 2.45) is 0 Å². The van der Waals surface area contributed by atoms with Crippen LogP contribution >= 0.6 is 27.5 Å². The van der Waals surface area contributed by atoms with E-state index in [2.05, 4.69) is 46.1 Å². The molecule has 4 heteroatoms. The second-order valence-corrected chi connectivity index (χ2v) is 5.52. The Kier molecular flexibility index (Phi) is 3.59. The van der Waals surface area contributed by atoms with E-state index in [9.17, 15) is 0 Å². The van der Waals surface area contributed by atoms with Gasteiger partial charge in [-0.25, -0.2) is 4.98 Å². The minimum absolute atomic E-state index is 0.417. The average molecular weight is 314 g/mol. The summed E-state index contributed by atoms with van der Waals surface area (Å²) in [4.78, 5) is 4.60. The topological polar surface area (TPSA) is 24.9 Å². The van der Waals surface area contributed by atoms with Crippen molar-refractivity contribution in [2.45, 2.75) is 19.8 Å². The number of nitrogens with one attached hydrogen (secondary N) is 1. The fraction of sp³-hybridized carbons (Fsp3) is 0.308. The van der Waals surface area contributed by atoms with Crippen molar-refractivity contribution in [1.29, 1.82) is 0 Å². The van der Waals surface area contributed by atoms with Gasteiger partial charge in [-0.05, 0) is 29.7 Å². The normalized spacial score (nSPS) is 11.2. The quantitative estimate of drug-likeness (QED) is 0.860. The molecule has 0 fully saturated rings. The zero-order valence-corrected chi connectivity index (χ0v) is 12.4. The second kappa shape index (κ2) is 4.83. The number of anilines is 1. The molecule has 2 aromatic rings. The van der Waals surface area contributed by atoms with Crippen LogP contribution < -0.4 is 5.32 Å². The van der Waals surface area contributed by atoms with Gasteiger partial charge >= 0.3 is 0 Å². The molecule has 2 rings (SSSR count). The minimum Gasteiger partial charge on any atom is -0.373 e. The highest BCUT2D eigenvalue weighted by atomic mass is 79.9. The van der Waals surface area contributed by atoms with Gasteiger partial charge in [0.05, 0.1) is 10.5 Å². The lowest BCUT2D eigenvalue weighted by molar-refractivity contribution is 0.864. The molecular weight excluding hydrogens is 300 g/mol. The van der Waals surface area contributed by atoms with Crippen molar-refractivity contribution in [3.05, 3.63) is 33.3 Å². The summed E-state index contributed by atoms with van der Waals surface area (Å²) in [6, 6.07) is 5.96. The monoisotopic (exact) mass is 312 g/mol. The first kappa shape index (κ1) is 12.7. The first-order valence-corrected chi connectivity index (χ1v) is 6.68. The molecule has 1 heterocycles. The highest BCUT2D eigenvalue weighted by Crippen LogP contribution is 2.33. The van der Waals surface area contributed by atoms with Crippen molar-refractivity contribution in [3.8, 4) is 0 Å². The van der Waals surface area contributed by atoms with E-state index in [0.29, 0.717) is 10.9 Å². The van der Waals surface area contributed by atoms with Crippen LogP contribution in [0.5, 0.6) is 0 Å². The Morgan fingerprint density at radius 1 is 1.35 bits per heavy atom. The van der Waals surface area contributed by atoms with Gasteiger partial charge in [0.2, 0.25) is 0 Å². The molecule has 0 aliphatic heterocycles. The number of aromatic nitrogens is 1. The van der Waals surface area contributed by atoms with Gasteiger partial charge in [0.15, 0.2) is 0 Å². The Bertz CT molecular complexity index is 567. The number of pyridine rings is 1. The van der Waals surface area contributed by atoms with Crippen LogP contribution in [0.15, 0.2) is 22.7 Å². The maximum atomic E-state index is 6.18. The van der Waals surface area contributed by atoms with Crippen molar-refractivity contribution < 1.29 is 0 Å². The van der Waals surface area contributed by atoms with Crippen LogP contribution in [0.3, 0.4) is 0 Å². The zero-order chi connectivity index (χ0) is 12.6. The van der Waals surface area contributed by atoms with Gasteiger partial charge < -0.3 is 5.32 Å². The lowest BCUT2D eigenvalue weighted by Gasteiger charge is -2.14. The zero-order valence-electron chi connectivity index (χ0n) is 10.0. The summed E-state index contributed by atoms with van der Waals surface area (Å²) in [7, 11) is 1.88. The highest BCUT2D eigenvalue weighted by Gasteiger charge is 2.12. The predicted octanol–water partition coefficient (Wildman–Crippen LogP) is 4.82. The van der Waals surface area contributed by atoms with E-state index < -0.39 is 0 Å². The van der Waals surface area contributed by atoms with E-state index in [1.165, 1.54) is 5.56 Å².